The summed E-state index contributed by atoms with van der Waals surface area (Å²) >= 11 is 0. The molecule has 10 heteroatoms. The Morgan fingerprint density at radius 2 is 1.81 bits per heavy atom. The molecule has 3 amide bonds. The van der Waals surface area contributed by atoms with Crippen molar-refractivity contribution in [1.29, 1.82) is 0 Å². The molecule has 4 aromatic rings. The number of rotatable bonds is 10. The van der Waals surface area contributed by atoms with Gasteiger partial charge in [0.15, 0.2) is 0 Å². The van der Waals surface area contributed by atoms with Gasteiger partial charge in [0.05, 0.1) is 23.4 Å². The summed E-state index contributed by atoms with van der Waals surface area (Å²) in [6, 6.07) is 20.3. The zero-order valence-electron chi connectivity index (χ0n) is 24.0. The number of carbonyl (C=O) groups excluding carboxylic acids is 3. The zero-order valence-corrected chi connectivity index (χ0v) is 24.0. The highest BCUT2D eigenvalue weighted by molar-refractivity contribution is 6.06. The second kappa shape index (κ2) is 12.7. The molecule has 5 rings (SSSR count). The standard InChI is InChI=1S/C32H35N7O3/c1-38(2)18-16-34-31(41)22-11-9-21(10-12-22)19-27(40)37-26-20-23(13-15-33-26)29-30(35-24-7-5-4-6-8-24)28-25(36-29)14-17-39(3)32(28)42/h4-13,15,20,35-36H,14,16-19H2,1-3H3,(H,34,41)(H,33,37,40). The van der Waals surface area contributed by atoms with Crippen LogP contribution in [0.15, 0.2) is 72.9 Å². The third-order valence-electron chi connectivity index (χ3n) is 7.12. The minimum atomic E-state index is -0.229. The molecule has 1 aliphatic heterocycles. The van der Waals surface area contributed by atoms with Crippen molar-refractivity contribution in [2.75, 3.05) is 51.4 Å². The van der Waals surface area contributed by atoms with Crippen molar-refractivity contribution >= 4 is 34.9 Å². The third kappa shape index (κ3) is 6.67. The number of likely N-dealkylation sites (N-methyl/N-ethyl adjacent to an activating group) is 2. The summed E-state index contributed by atoms with van der Waals surface area (Å²) in [7, 11) is 5.71. The van der Waals surface area contributed by atoms with E-state index in [2.05, 4.69) is 25.9 Å². The maximum atomic E-state index is 13.2. The monoisotopic (exact) mass is 565 g/mol. The van der Waals surface area contributed by atoms with Gasteiger partial charge in [-0.1, -0.05) is 30.3 Å². The lowest BCUT2D eigenvalue weighted by molar-refractivity contribution is -0.115. The molecule has 0 spiro atoms. The molecule has 216 valence electrons. The van der Waals surface area contributed by atoms with Gasteiger partial charge in [-0.2, -0.15) is 0 Å². The van der Waals surface area contributed by atoms with Gasteiger partial charge in [0.1, 0.15) is 5.82 Å². The van der Waals surface area contributed by atoms with Crippen LogP contribution in [0.3, 0.4) is 0 Å². The molecule has 2 aromatic carbocycles. The molecule has 2 aromatic heterocycles. The van der Waals surface area contributed by atoms with E-state index in [1.54, 1.807) is 48.5 Å². The van der Waals surface area contributed by atoms with Gasteiger partial charge in [-0.15, -0.1) is 0 Å². The first-order valence-electron chi connectivity index (χ1n) is 13.9. The number of H-pyrrole nitrogens is 1. The SMILES string of the molecule is CN(C)CCNC(=O)c1ccc(CC(=O)Nc2cc(-c3[nH]c4c(c3Nc3ccccc3)C(=O)N(C)CC4)ccn2)cc1. The van der Waals surface area contributed by atoms with E-state index in [9.17, 15) is 14.4 Å². The summed E-state index contributed by atoms with van der Waals surface area (Å²) in [6.45, 7) is 1.95. The maximum Gasteiger partial charge on any atom is 0.257 e. The predicted molar refractivity (Wildman–Crippen MR) is 164 cm³/mol. The lowest BCUT2D eigenvalue weighted by Gasteiger charge is -2.23. The number of anilines is 3. The fourth-order valence-electron chi connectivity index (χ4n) is 4.85. The number of hydrogen-bond donors (Lipinski definition) is 4. The molecule has 0 saturated carbocycles. The predicted octanol–water partition coefficient (Wildman–Crippen LogP) is 3.92. The van der Waals surface area contributed by atoms with Crippen LogP contribution in [0, 0.1) is 0 Å². The number of carbonyl (C=O) groups is 3. The number of aromatic nitrogens is 2. The van der Waals surface area contributed by atoms with Crippen molar-refractivity contribution < 1.29 is 14.4 Å². The number of benzene rings is 2. The first kappa shape index (κ1) is 28.6. The van der Waals surface area contributed by atoms with Gasteiger partial charge in [0, 0.05) is 61.8 Å². The summed E-state index contributed by atoms with van der Waals surface area (Å²) in [5.41, 5.74) is 5.93. The lowest BCUT2D eigenvalue weighted by atomic mass is 10.0. The van der Waals surface area contributed by atoms with Crippen LogP contribution >= 0.6 is 0 Å². The molecule has 0 bridgehead atoms. The Labute approximate surface area is 245 Å². The number of para-hydroxylation sites is 1. The molecule has 42 heavy (non-hydrogen) atoms. The minimum Gasteiger partial charge on any atom is -0.356 e. The van der Waals surface area contributed by atoms with Crippen LogP contribution in [0.4, 0.5) is 17.2 Å². The van der Waals surface area contributed by atoms with Crippen LogP contribution in [-0.2, 0) is 17.6 Å². The van der Waals surface area contributed by atoms with Gasteiger partial charge in [-0.3, -0.25) is 14.4 Å². The average molecular weight is 566 g/mol. The first-order chi connectivity index (χ1) is 20.3. The van der Waals surface area contributed by atoms with E-state index in [4.69, 9.17) is 0 Å². The summed E-state index contributed by atoms with van der Waals surface area (Å²) in [5.74, 6) is -0.0183. The van der Waals surface area contributed by atoms with Gasteiger partial charge in [0.2, 0.25) is 5.91 Å². The van der Waals surface area contributed by atoms with E-state index < -0.39 is 0 Å². The highest BCUT2D eigenvalue weighted by Crippen LogP contribution is 2.38. The second-order valence-electron chi connectivity index (χ2n) is 10.6. The van der Waals surface area contributed by atoms with Gasteiger partial charge in [0.25, 0.3) is 11.8 Å². The summed E-state index contributed by atoms with van der Waals surface area (Å²) < 4.78 is 0. The van der Waals surface area contributed by atoms with Crippen LogP contribution < -0.4 is 16.0 Å². The van der Waals surface area contributed by atoms with E-state index in [-0.39, 0.29) is 24.1 Å². The molecule has 0 atom stereocenters. The summed E-state index contributed by atoms with van der Waals surface area (Å²) in [5, 5.41) is 9.20. The van der Waals surface area contributed by atoms with Crippen LogP contribution in [0.2, 0.25) is 0 Å². The molecule has 10 nitrogen and oxygen atoms in total. The number of hydrogen-bond acceptors (Lipinski definition) is 6. The van der Waals surface area contributed by atoms with Crippen molar-refractivity contribution in [3.8, 4) is 11.3 Å². The minimum absolute atomic E-state index is 0.0446. The van der Waals surface area contributed by atoms with Crippen LogP contribution in [0.5, 0.6) is 0 Å². The van der Waals surface area contributed by atoms with Crippen LogP contribution in [0.1, 0.15) is 32.0 Å². The molecule has 0 unspecified atom stereocenters. The van der Waals surface area contributed by atoms with E-state index in [1.807, 2.05) is 55.4 Å². The highest BCUT2D eigenvalue weighted by atomic mass is 16.2. The molecule has 4 N–H and O–H groups in total. The van der Waals surface area contributed by atoms with Gasteiger partial charge in [-0.05, 0) is 56.1 Å². The van der Waals surface area contributed by atoms with Gasteiger partial charge >= 0.3 is 0 Å². The van der Waals surface area contributed by atoms with E-state index in [1.165, 1.54) is 0 Å². The lowest BCUT2D eigenvalue weighted by Crippen LogP contribution is -2.34. The molecular formula is C32H35N7O3. The average Bonchev–Trinajstić information content (AvgIpc) is 3.34. The Hall–Kier alpha value is -4.96. The quantitative estimate of drug-likeness (QED) is 0.231. The van der Waals surface area contributed by atoms with Crippen molar-refractivity contribution in [2.24, 2.45) is 0 Å². The number of nitrogens with zero attached hydrogens (tertiary/aromatic N) is 3. The Bertz CT molecular complexity index is 1580. The van der Waals surface area contributed by atoms with E-state index in [0.29, 0.717) is 42.1 Å². The number of aromatic amines is 1. The smallest absolute Gasteiger partial charge is 0.257 e. The maximum absolute atomic E-state index is 13.2. The number of amides is 3. The molecule has 3 heterocycles. The van der Waals surface area contributed by atoms with E-state index >= 15 is 0 Å². The van der Waals surface area contributed by atoms with Gasteiger partial charge < -0.3 is 30.7 Å². The van der Waals surface area contributed by atoms with Crippen molar-refractivity contribution in [3.63, 3.8) is 0 Å². The molecule has 1 aliphatic rings. The largest absolute Gasteiger partial charge is 0.356 e. The number of nitrogens with one attached hydrogen (secondary N) is 4. The van der Waals surface area contributed by atoms with Crippen molar-refractivity contribution in [2.45, 2.75) is 12.8 Å². The Morgan fingerprint density at radius 3 is 2.55 bits per heavy atom. The zero-order chi connectivity index (χ0) is 29.6. The fourth-order valence-corrected chi connectivity index (χ4v) is 4.85. The fraction of sp³-hybridized carbons (Fsp3) is 0.250. The summed E-state index contributed by atoms with van der Waals surface area (Å²) in [4.78, 5) is 49.9. The third-order valence-corrected chi connectivity index (χ3v) is 7.12. The topological polar surface area (TPSA) is 122 Å². The molecule has 0 radical (unpaired) electrons. The molecule has 0 fully saturated rings. The van der Waals surface area contributed by atoms with Crippen molar-refractivity contribution in [1.82, 2.24) is 25.1 Å². The summed E-state index contributed by atoms with van der Waals surface area (Å²) in [6.07, 6.45) is 2.48. The Balaban J connectivity index is 1.31. The van der Waals surface area contributed by atoms with Crippen LogP contribution in [0.25, 0.3) is 11.3 Å². The van der Waals surface area contributed by atoms with Crippen LogP contribution in [-0.4, -0.2) is 78.3 Å². The first-order valence-corrected chi connectivity index (χ1v) is 13.9. The van der Waals surface area contributed by atoms with Gasteiger partial charge in [-0.25, -0.2) is 4.98 Å². The van der Waals surface area contributed by atoms with E-state index in [0.717, 1.165) is 34.7 Å². The number of pyridine rings is 1. The number of fused-ring (bicyclic) bond motifs is 1. The highest BCUT2D eigenvalue weighted by Gasteiger charge is 2.30. The second-order valence-corrected chi connectivity index (χ2v) is 10.6. The Kier molecular flexibility index (Phi) is 8.63. The Morgan fingerprint density at radius 1 is 1.05 bits per heavy atom. The van der Waals surface area contributed by atoms with Crippen molar-refractivity contribution in [3.05, 3.63) is 95.3 Å². The normalized spacial score (nSPS) is 12.7. The molecule has 0 aliphatic carbocycles. The molecular weight excluding hydrogens is 530 g/mol. The molecule has 0 saturated heterocycles.